The minimum atomic E-state index is -0.272. The molecule has 0 aliphatic heterocycles. The van der Waals surface area contributed by atoms with Crippen molar-refractivity contribution in [2.24, 2.45) is 0 Å². The lowest BCUT2D eigenvalue weighted by molar-refractivity contribution is -0.152. The zero-order chi connectivity index (χ0) is 14.3. The molecule has 0 N–H and O–H groups in total. The highest BCUT2D eigenvalue weighted by Gasteiger charge is 2.10. The lowest BCUT2D eigenvalue weighted by Crippen LogP contribution is -2.22. The number of allylic oxidation sites excluding steroid dienone is 1. The Balaban J connectivity index is 2.64. The van der Waals surface area contributed by atoms with Gasteiger partial charge in [-0.3, -0.25) is 0 Å². The summed E-state index contributed by atoms with van der Waals surface area (Å²) < 4.78 is 11.5. The van der Waals surface area contributed by atoms with Crippen LogP contribution in [0.4, 0.5) is 0 Å². The SMILES string of the molecule is CC(C)OC(/C=C/C(C)c1ccccc1)OC(C)C. The fraction of sp³-hybridized carbons (Fsp3) is 0.529. The summed E-state index contributed by atoms with van der Waals surface area (Å²) in [6.45, 7) is 10.3. The van der Waals surface area contributed by atoms with Crippen molar-refractivity contribution in [2.75, 3.05) is 0 Å². The first-order chi connectivity index (χ1) is 8.99. The van der Waals surface area contributed by atoms with E-state index in [-0.39, 0.29) is 18.5 Å². The lowest BCUT2D eigenvalue weighted by Gasteiger charge is -2.20. The zero-order valence-electron chi connectivity index (χ0n) is 12.7. The van der Waals surface area contributed by atoms with Crippen molar-refractivity contribution in [2.45, 2.75) is 59.0 Å². The van der Waals surface area contributed by atoms with Gasteiger partial charge in [0.2, 0.25) is 0 Å². The van der Waals surface area contributed by atoms with E-state index < -0.39 is 0 Å². The molecule has 1 rings (SSSR count). The number of benzene rings is 1. The molecule has 0 amide bonds. The van der Waals surface area contributed by atoms with Crippen LogP contribution in [0.5, 0.6) is 0 Å². The van der Waals surface area contributed by atoms with Crippen molar-refractivity contribution in [3.63, 3.8) is 0 Å². The third kappa shape index (κ3) is 6.55. The summed E-state index contributed by atoms with van der Waals surface area (Å²) in [6.07, 6.45) is 4.19. The molecule has 1 aromatic rings. The molecule has 0 heterocycles. The minimum Gasteiger partial charge on any atom is -0.346 e. The number of hydrogen-bond donors (Lipinski definition) is 0. The van der Waals surface area contributed by atoms with Crippen LogP contribution in [-0.2, 0) is 9.47 Å². The van der Waals surface area contributed by atoms with E-state index in [4.69, 9.17) is 9.47 Å². The van der Waals surface area contributed by atoms with Gasteiger partial charge in [0.15, 0.2) is 6.29 Å². The van der Waals surface area contributed by atoms with Gasteiger partial charge in [-0.05, 0) is 45.3 Å². The van der Waals surface area contributed by atoms with Crippen LogP contribution in [0.25, 0.3) is 0 Å². The van der Waals surface area contributed by atoms with Crippen molar-refractivity contribution in [3.8, 4) is 0 Å². The third-order valence-electron chi connectivity index (χ3n) is 2.69. The van der Waals surface area contributed by atoms with Gasteiger partial charge in [0.25, 0.3) is 0 Å². The van der Waals surface area contributed by atoms with Crippen LogP contribution >= 0.6 is 0 Å². The standard InChI is InChI=1S/C17H26O2/c1-13(2)18-17(19-14(3)4)12-11-15(5)16-9-7-6-8-10-16/h6-15,17H,1-5H3/b12-11+. The molecule has 0 aliphatic carbocycles. The van der Waals surface area contributed by atoms with Gasteiger partial charge in [0.05, 0.1) is 12.2 Å². The second kappa shape index (κ2) is 8.13. The number of ether oxygens (including phenoxy) is 2. The van der Waals surface area contributed by atoms with Crippen LogP contribution < -0.4 is 0 Å². The monoisotopic (exact) mass is 262 g/mol. The summed E-state index contributed by atoms with van der Waals surface area (Å²) >= 11 is 0. The van der Waals surface area contributed by atoms with Crippen LogP contribution in [-0.4, -0.2) is 18.5 Å². The van der Waals surface area contributed by atoms with Gasteiger partial charge >= 0.3 is 0 Å². The second-order valence-corrected chi connectivity index (χ2v) is 5.32. The molecule has 0 bridgehead atoms. The van der Waals surface area contributed by atoms with Gasteiger partial charge in [-0.2, -0.15) is 0 Å². The van der Waals surface area contributed by atoms with Crippen LogP contribution in [0.15, 0.2) is 42.5 Å². The highest BCUT2D eigenvalue weighted by molar-refractivity contribution is 5.22. The van der Waals surface area contributed by atoms with Gasteiger partial charge in [-0.15, -0.1) is 0 Å². The summed E-state index contributed by atoms with van der Waals surface area (Å²) in [7, 11) is 0. The van der Waals surface area contributed by atoms with Gasteiger partial charge in [0.1, 0.15) is 0 Å². The quantitative estimate of drug-likeness (QED) is 0.531. The predicted molar refractivity (Wildman–Crippen MR) is 80.2 cm³/mol. The first kappa shape index (κ1) is 15.9. The van der Waals surface area contributed by atoms with Crippen molar-refractivity contribution in [1.29, 1.82) is 0 Å². The molecule has 1 aromatic carbocycles. The van der Waals surface area contributed by atoms with Gasteiger partial charge in [-0.1, -0.05) is 43.3 Å². The van der Waals surface area contributed by atoms with E-state index in [1.165, 1.54) is 5.56 Å². The molecular formula is C17H26O2. The fourth-order valence-electron chi connectivity index (χ4n) is 1.78. The highest BCUT2D eigenvalue weighted by Crippen LogP contribution is 2.17. The van der Waals surface area contributed by atoms with Crippen molar-refractivity contribution in [1.82, 2.24) is 0 Å². The Bertz CT molecular complexity index is 358. The minimum absolute atomic E-state index is 0.153. The molecule has 0 spiro atoms. The molecule has 0 radical (unpaired) electrons. The molecule has 2 heteroatoms. The van der Waals surface area contributed by atoms with E-state index in [2.05, 4.69) is 37.3 Å². The Labute approximate surface area is 117 Å². The zero-order valence-corrected chi connectivity index (χ0v) is 12.7. The molecule has 1 atom stereocenters. The summed E-state index contributed by atoms with van der Waals surface area (Å²) in [5.74, 6) is 0.357. The average Bonchev–Trinajstić information content (AvgIpc) is 2.35. The molecule has 0 fully saturated rings. The van der Waals surface area contributed by atoms with Gasteiger partial charge in [-0.25, -0.2) is 0 Å². The maximum Gasteiger partial charge on any atom is 0.177 e. The van der Waals surface area contributed by atoms with Crippen LogP contribution in [0.1, 0.15) is 46.1 Å². The molecule has 0 aromatic heterocycles. The van der Waals surface area contributed by atoms with E-state index in [1.807, 2.05) is 39.8 Å². The van der Waals surface area contributed by atoms with Gasteiger partial charge < -0.3 is 9.47 Å². The molecule has 0 aliphatic rings. The Kier molecular flexibility index (Phi) is 6.82. The smallest absolute Gasteiger partial charge is 0.177 e. The summed E-state index contributed by atoms with van der Waals surface area (Å²) in [4.78, 5) is 0. The maximum atomic E-state index is 5.74. The normalized spacial score (nSPS) is 13.9. The summed E-state index contributed by atoms with van der Waals surface area (Å²) in [5, 5.41) is 0. The second-order valence-electron chi connectivity index (χ2n) is 5.32. The predicted octanol–water partition coefficient (Wildman–Crippen LogP) is 4.52. The molecule has 106 valence electrons. The summed E-state index contributed by atoms with van der Waals surface area (Å²) in [6, 6.07) is 10.4. The van der Waals surface area contributed by atoms with Crippen LogP contribution in [0.3, 0.4) is 0 Å². The van der Waals surface area contributed by atoms with Crippen LogP contribution in [0.2, 0.25) is 0 Å². The molecular weight excluding hydrogens is 236 g/mol. The molecule has 2 nitrogen and oxygen atoms in total. The molecule has 1 unspecified atom stereocenters. The third-order valence-corrected chi connectivity index (χ3v) is 2.69. The highest BCUT2D eigenvalue weighted by atomic mass is 16.7. The number of hydrogen-bond acceptors (Lipinski definition) is 2. The fourth-order valence-corrected chi connectivity index (χ4v) is 1.78. The van der Waals surface area contributed by atoms with E-state index in [0.29, 0.717) is 5.92 Å². The average molecular weight is 262 g/mol. The number of rotatable bonds is 7. The van der Waals surface area contributed by atoms with E-state index >= 15 is 0 Å². The molecule has 19 heavy (non-hydrogen) atoms. The van der Waals surface area contributed by atoms with E-state index in [9.17, 15) is 0 Å². The van der Waals surface area contributed by atoms with E-state index in [0.717, 1.165) is 0 Å². The largest absolute Gasteiger partial charge is 0.346 e. The Morgan fingerprint density at radius 3 is 1.79 bits per heavy atom. The lowest BCUT2D eigenvalue weighted by atomic mass is 10.0. The Hall–Kier alpha value is -1.12. The van der Waals surface area contributed by atoms with Crippen LogP contribution in [0, 0.1) is 0 Å². The maximum absolute atomic E-state index is 5.74. The Morgan fingerprint density at radius 1 is 0.789 bits per heavy atom. The molecule has 0 saturated heterocycles. The van der Waals surface area contributed by atoms with E-state index in [1.54, 1.807) is 0 Å². The van der Waals surface area contributed by atoms with Crippen molar-refractivity contribution >= 4 is 0 Å². The molecule has 0 saturated carbocycles. The Morgan fingerprint density at radius 2 is 1.32 bits per heavy atom. The topological polar surface area (TPSA) is 18.5 Å². The van der Waals surface area contributed by atoms with Crippen molar-refractivity contribution in [3.05, 3.63) is 48.0 Å². The summed E-state index contributed by atoms with van der Waals surface area (Å²) in [5.41, 5.74) is 1.30. The van der Waals surface area contributed by atoms with Gasteiger partial charge in [0, 0.05) is 0 Å². The first-order valence-electron chi connectivity index (χ1n) is 7.03. The first-order valence-corrected chi connectivity index (χ1v) is 7.03. The van der Waals surface area contributed by atoms with Crippen molar-refractivity contribution < 1.29 is 9.47 Å².